The van der Waals surface area contributed by atoms with Crippen molar-refractivity contribution in [2.75, 3.05) is 20.3 Å². The fourth-order valence-electron chi connectivity index (χ4n) is 2.75. The summed E-state index contributed by atoms with van der Waals surface area (Å²) in [6, 6.07) is -1.15. The number of quaternary nitrogens is 1. The van der Waals surface area contributed by atoms with Crippen LogP contribution in [0.4, 0.5) is 4.79 Å². The number of alkyl carbamates (subject to hydrolysis) is 1. The molecule has 2 saturated heterocycles. The van der Waals surface area contributed by atoms with E-state index in [9.17, 15) is 14.7 Å². The summed E-state index contributed by atoms with van der Waals surface area (Å²) in [5.74, 6) is -1.21. The van der Waals surface area contributed by atoms with Gasteiger partial charge in [0.2, 0.25) is 0 Å². The third-order valence-electron chi connectivity index (χ3n) is 3.65. The molecule has 0 spiro atoms. The number of hydrogen-bond donors (Lipinski definition) is 1. The van der Waals surface area contributed by atoms with Crippen molar-refractivity contribution in [2.45, 2.75) is 51.1 Å². The van der Waals surface area contributed by atoms with Crippen LogP contribution in [0.3, 0.4) is 0 Å². The maximum absolute atomic E-state index is 11.8. The largest absolute Gasteiger partial charge is 0.544 e. The van der Waals surface area contributed by atoms with Gasteiger partial charge < -0.3 is 24.7 Å². The zero-order chi connectivity index (χ0) is 15.8. The van der Waals surface area contributed by atoms with Crippen LogP contribution < -0.4 is 10.4 Å². The molecule has 120 valence electrons. The van der Waals surface area contributed by atoms with Gasteiger partial charge in [-0.1, -0.05) is 0 Å². The van der Waals surface area contributed by atoms with Gasteiger partial charge in [-0.2, -0.15) is 0 Å². The number of aliphatic carboxylic acids is 1. The Morgan fingerprint density at radius 2 is 2.14 bits per heavy atom. The normalized spacial score (nSPS) is 32.2. The Labute approximate surface area is 123 Å². The number of carbonyl (C=O) groups excluding carboxylic acids is 2. The number of ether oxygens (including phenoxy) is 2. The van der Waals surface area contributed by atoms with Crippen LogP contribution in [0, 0.1) is 0 Å². The Kier molecular flexibility index (Phi) is 4.14. The van der Waals surface area contributed by atoms with Gasteiger partial charge in [0.1, 0.15) is 30.8 Å². The highest BCUT2D eigenvalue weighted by Crippen LogP contribution is 2.46. The number of rotatable bonds is 5. The third-order valence-corrected chi connectivity index (χ3v) is 3.65. The molecule has 8 nitrogen and oxygen atoms in total. The zero-order valence-electron chi connectivity index (χ0n) is 12.8. The SMILES string of the molecule is COC[C@@H](C(=O)[O-])[N+]12CC[C@H](NC(=O)OC(C)(C)C)C1O2. The van der Waals surface area contributed by atoms with E-state index in [1.54, 1.807) is 20.8 Å². The summed E-state index contributed by atoms with van der Waals surface area (Å²) in [5.41, 5.74) is -0.581. The number of methoxy groups -OCH3 is 1. The molecule has 8 heteroatoms. The van der Waals surface area contributed by atoms with Gasteiger partial charge in [-0.3, -0.25) is 0 Å². The highest BCUT2D eigenvalue weighted by molar-refractivity contribution is 5.70. The Balaban J connectivity index is 1.94. The molecule has 2 aliphatic rings. The number of fused-ring (bicyclic) bond motifs is 1. The van der Waals surface area contributed by atoms with E-state index in [1.807, 2.05) is 0 Å². The number of amides is 1. The van der Waals surface area contributed by atoms with Crippen LogP contribution in [0.1, 0.15) is 27.2 Å². The van der Waals surface area contributed by atoms with Crippen molar-refractivity contribution >= 4 is 12.1 Å². The van der Waals surface area contributed by atoms with E-state index < -0.39 is 23.7 Å². The number of nitrogens with zero attached hydrogens (tertiary/aromatic N) is 1. The predicted molar refractivity (Wildman–Crippen MR) is 68.4 cm³/mol. The molecule has 2 aliphatic heterocycles. The Morgan fingerprint density at radius 1 is 1.48 bits per heavy atom. The van der Waals surface area contributed by atoms with Gasteiger partial charge in [-0.25, -0.2) is 4.79 Å². The Bertz CT molecular complexity index is 435. The molecule has 2 heterocycles. The molecule has 0 aromatic heterocycles. The summed E-state index contributed by atoms with van der Waals surface area (Å²) < 4.78 is 10.1. The summed E-state index contributed by atoms with van der Waals surface area (Å²) in [6.45, 7) is 5.84. The van der Waals surface area contributed by atoms with Crippen molar-refractivity contribution in [3.05, 3.63) is 0 Å². The zero-order valence-corrected chi connectivity index (χ0v) is 12.8. The van der Waals surface area contributed by atoms with Crippen LogP contribution in [0.5, 0.6) is 0 Å². The molecule has 0 bridgehead atoms. The third kappa shape index (κ3) is 3.28. The molecule has 0 aliphatic carbocycles. The lowest BCUT2D eigenvalue weighted by molar-refractivity contribution is -0.933. The van der Waals surface area contributed by atoms with Crippen molar-refractivity contribution in [1.29, 1.82) is 0 Å². The van der Waals surface area contributed by atoms with Crippen molar-refractivity contribution in [3.8, 4) is 0 Å². The lowest BCUT2D eigenvalue weighted by atomic mass is 10.2. The first-order valence-electron chi connectivity index (χ1n) is 6.95. The molecule has 2 fully saturated rings. The summed E-state index contributed by atoms with van der Waals surface area (Å²) in [4.78, 5) is 28.5. The van der Waals surface area contributed by atoms with E-state index in [0.29, 0.717) is 13.0 Å². The standard InChI is InChI=1S/C13H22N2O6/c1-13(2,3)20-12(18)14-8-5-6-15(10(8)21-15)9(7-19-4)11(16)17/h8-10H,5-7H2,1-4H3,(H-,14,16,17,18)/t8-,9-,10?,15?/m0/s1. The van der Waals surface area contributed by atoms with Crippen LogP contribution >= 0.6 is 0 Å². The van der Waals surface area contributed by atoms with Crippen molar-refractivity contribution in [2.24, 2.45) is 0 Å². The van der Waals surface area contributed by atoms with Gasteiger partial charge in [0.25, 0.3) is 6.23 Å². The molecular weight excluding hydrogens is 280 g/mol. The van der Waals surface area contributed by atoms with Crippen LogP contribution in [0.2, 0.25) is 0 Å². The molecule has 0 aromatic rings. The molecule has 2 unspecified atom stereocenters. The van der Waals surface area contributed by atoms with Gasteiger partial charge in [0.05, 0.1) is 0 Å². The lowest BCUT2D eigenvalue weighted by Gasteiger charge is -2.21. The molecule has 0 radical (unpaired) electrons. The average Bonchev–Trinajstić information content (AvgIpc) is 2.96. The fourth-order valence-corrected chi connectivity index (χ4v) is 2.75. The minimum Gasteiger partial charge on any atom is -0.544 e. The highest BCUT2D eigenvalue weighted by atomic mass is 16.9. The first kappa shape index (κ1) is 16.0. The summed E-state index contributed by atoms with van der Waals surface area (Å²) >= 11 is 0. The maximum atomic E-state index is 11.8. The Hall–Kier alpha value is -1.38. The summed E-state index contributed by atoms with van der Waals surface area (Å²) in [5, 5.41) is 14.0. The molecule has 0 saturated carbocycles. The smallest absolute Gasteiger partial charge is 0.408 e. The van der Waals surface area contributed by atoms with E-state index in [0.717, 1.165) is 0 Å². The van der Waals surface area contributed by atoms with E-state index >= 15 is 0 Å². The number of hydrogen-bond acceptors (Lipinski definition) is 6. The monoisotopic (exact) mass is 302 g/mol. The molecule has 1 amide bonds. The van der Waals surface area contributed by atoms with E-state index in [-0.39, 0.29) is 23.5 Å². The minimum absolute atomic E-state index is 0.0119. The van der Waals surface area contributed by atoms with Gasteiger partial charge in [0, 0.05) is 13.5 Å². The number of carboxylic acids is 1. The molecule has 2 rings (SSSR count). The number of carboxylic acid groups (broad SMARTS) is 1. The maximum Gasteiger partial charge on any atom is 0.408 e. The number of carbonyl (C=O) groups is 2. The van der Waals surface area contributed by atoms with Crippen LogP contribution in [0.25, 0.3) is 0 Å². The van der Waals surface area contributed by atoms with Crippen molar-refractivity contribution in [3.63, 3.8) is 0 Å². The minimum atomic E-state index is -1.21. The van der Waals surface area contributed by atoms with Gasteiger partial charge in [0.15, 0.2) is 6.04 Å². The quantitative estimate of drug-likeness (QED) is 0.524. The first-order chi connectivity index (χ1) is 9.69. The average molecular weight is 302 g/mol. The molecule has 4 atom stereocenters. The number of hydroxylamine groups is 3. The van der Waals surface area contributed by atoms with Crippen LogP contribution in [-0.4, -0.2) is 60.9 Å². The molecule has 21 heavy (non-hydrogen) atoms. The molecular formula is C13H22N2O6. The van der Waals surface area contributed by atoms with Gasteiger partial charge in [-0.05, 0) is 20.8 Å². The lowest BCUT2D eigenvalue weighted by Crippen LogP contribution is -2.53. The fraction of sp³-hybridized carbons (Fsp3) is 0.846. The van der Waals surface area contributed by atoms with Crippen LogP contribution in [-0.2, 0) is 19.1 Å². The van der Waals surface area contributed by atoms with Crippen molar-refractivity contribution < 1.29 is 33.7 Å². The van der Waals surface area contributed by atoms with E-state index in [2.05, 4.69) is 5.32 Å². The topological polar surface area (TPSA) is 100 Å². The van der Waals surface area contributed by atoms with Crippen molar-refractivity contribution in [1.82, 2.24) is 5.32 Å². The second kappa shape index (κ2) is 5.43. The first-order valence-corrected chi connectivity index (χ1v) is 6.95. The predicted octanol–water partition coefficient (Wildman–Crippen LogP) is -0.864. The van der Waals surface area contributed by atoms with Gasteiger partial charge in [-0.15, -0.1) is 9.48 Å². The highest BCUT2D eigenvalue weighted by Gasteiger charge is 2.72. The summed E-state index contributed by atoms with van der Waals surface area (Å²) in [7, 11) is 1.43. The Morgan fingerprint density at radius 3 is 2.62 bits per heavy atom. The summed E-state index contributed by atoms with van der Waals surface area (Å²) in [6.07, 6.45) is -0.285. The second-order valence-corrected chi connectivity index (χ2v) is 6.41. The van der Waals surface area contributed by atoms with Gasteiger partial charge >= 0.3 is 6.09 Å². The van der Waals surface area contributed by atoms with E-state index in [1.165, 1.54) is 7.11 Å². The second-order valence-electron chi connectivity index (χ2n) is 6.41. The molecule has 0 aromatic carbocycles. The van der Waals surface area contributed by atoms with Crippen LogP contribution in [0.15, 0.2) is 0 Å². The van der Waals surface area contributed by atoms with E-state index in [4.69, 9.17) is 14.3 Å². The molecule has 1 N–H and O–H groups in total. The number of nitrogens with one attached hydrogen (secondary N) is 1.